The molecular weight excluding hydrogens is 416 g/mol. The monoisotopic (exact) mass is 444 g/mol. The zero-order valence-corrected chi connectivity index (χ0v) is 18.8. The van der Waals surface area contributed by atoms with Gasteiger partial charge in [0.1, 0.15) is 17.9 Å². The Morgan fingerprint density at radius 2 is 1.71 bits per heavy atom. The fourth-order valence-electron chi connectivity index (χ4n) is 2.87. The molecule has 2 aromatic carbocycles. The van der Waals surface area contributed by atoms with Gasteiger partial charge in [0.2, 0.25) is 0 Å². The van der Waals surface area contributed by atoms with E-state index in [1.807, 2.05) is 44.2 Å². The summed E-state index contributed by atoms with van der Waals surface area (Å²) in [7, 11) is 0. The first-order valence-electron chi connectivity index (χ1n) is 9.85. The Hall–Kier alpha value is -2.07. The van der Waals surface area contributed by atoms with Crippen LogP contribution in [-0.2, 0) is 6.61 Å². The number of rotatable bonds is 7. The Morgan fingerprint density at radius 1 is 1.04 bits per heavy atom. The van der Waals surface area contributed by atoms with Gasteiger partial charge in [0.25, 0.3) is 0 Å². The van der Waals surface area contributed by atoms with Gasteiger partial charge in [0.15, 0.2) is 6.29 Å². The molecular formula is C24H29BrO3. The van der Waals surface area contributed by atoms with Crippen LogP contribution in [0.4, 0.5) is 0 Å². The smallest absolute Gasteiger partial charge is 0.153 e. The Kier molecular flexibility index (Phi) is 8.78. The van der Waals surface area contributed by atoms with Gasteiger partial charge in [-0.05, 0) is 76.8 Å². The van der Waals surface area contributed by atoms with Crippen LogP contribution in [0.15, 0.2) is 45.5 Å². The largest absolute Gasteiger partial charge is 0.488 e. The molecule has 0 unspecified atom stereocenters. The predicted octanol–water partition coefficient (Wildman–Crippen LogP) is 7.79. The van der Waals surface area contributed by atoms with Crippen LogP contribution in [0.5, 0.6) is 5.75 Å². The van der Waals surface area contributed by atoms with E-state index in [4.69, 9.17) is 9.15 Å². The van der Waals surface area contributed by atoms with E-state index in [-0.39, 0.29) is 0 Å². The van der Waals surface area contributed by atoms with E-state index < -0.39 is 0 Å². The first kappa shape index (κ1) is 22.2. The average Bonchev–Trinajstić information content (AvgIpc) is 3.16. The van der Waals surface area contributed by atoms with Gasteiger partial charge in [0, 0.05) is 5.39 Å². The van der Waals surface area contributed by atoms with Crippen LogP contribution in [0.3, 0.4) is 0 Å². The molecule has 0 aliphatic carbocycles. The molecule has 28 heavy (non-hydrogen) atoms. The molecule has 3 nitrogen and oxygen atoms in total. The number of furan rings is 1. The third-order valence-corrected chi connectivity index (χ3v) is 5.26. The lowest BCUT2D eigenvalue weighted by Gasteiger charge is -2.11. The van der Waals surface area contributed by atoms with Crippen LogP contribution < -0.4 is 4.74 Å². The topological polar surface area (TPSA) is 39.4 Å². The molecule has 0 saturated carbocycles. The van der Waals surface area contributed by atoms with Crippen LogP contribution in [0.2, 0.25) is 0 Å². The number of fused-ring (bicyclic) bond motifs is 1. The highest BCUT2D eigenvalue weighted by molar-refractivity contribution is 9.10. The van der Waals surface area contributed by atoms with Crippen LogP contribution in [-0.4, -0.2) is 6.29 Å². The third kappa shape index (κ3) is 5.96. The van der Waals surface area contributed by atoms with Gasteiger partial charge in [-0.2, -0.15) is 0 Å². The summed E-state index contributed by atoms with van der Waals surface area (Å²) in [5.41, 5.74) is 4.59. The molecule has 0 amide bonds. The molecule has 0 fully saturated rings. The van der Waals surface area contributed by atoms with Gasteiger partial charge in [-0.25, -0.2) is 0 Å². The summed E-state index contributed by atoms with van der Waals surface area (Å²) in [6.45, 7) is 8.84. The molecule has 4 heteroatoms. The number of carbonyl (C=O) groups excluding carboxylic acids is 1. The second-order valence-corrected chi connectivity index (χ2v) is 7.86. The van der Waals surface area contributed by atoms with E-state index in [1.54, 1.807) is 6.26 Å². The highest BCUT2D eigenvalue weighted by atomic mass is 79.9. The quantitative estimate of drug-likeness (QED) is 0.275. The molecule has 0 aliphatic rings. The van der Waals surface area contributed by atoms with Crippen molar-refractivity contribution in [1.29, 1.82) is 0 Å². The van der Waals surface area contributed by atoms with Gasteiger partial charge in [-0.1, -0.05) is 39.5 Å². The lowest BCUT2D eigenvalue weighted by molar-refractivity contribution is 0.111. The molecule has 3 aromatic rings. The Morgan fingerprint density at radius 3 is 2.36 bits per heavy atom. The average molecular weight is 445 g/mol. The normalized spacial score (nSPS) is 10.5. The lowest BCUT2D eigenvalue weighted by Crippen LogP contribution is -2.00. The van der Waals surface area contributed by atoms with Crippen LogP contribution in [0.25, 0.3) is 11.0 Å². The first-order valence-corrected chi connectivity index (χ1v) is 10.6. The highest BCUT2D eigenvalue weighted by Gasteiger charge is 2.09. The molecule has 3 rings (SSSR count). The van der Waals surface area contributed by atoms with E-state index in [9.17, 15) is 4.79 Å². The fraction of sp³-hybridized carbons (Fsp3) is 0.375. The number of benzene rings is 2. The van der Waals surface area contributed by atoms with Gasteiger partial charge in [-0.3, -0.25) is 4.79 Å². The number of unbranched alkanes of at least 4 members (excludes halogenated alkanes) is 3. The van der Waals surface area contributed by atoms with E-state index >= 15 is 0 Å². The minimum absolute atomic E-state index is 0.392. The predicted molar refractivity (Wildman–Crippen MR) is 119 cm³/mol. The standard InChI is InChI=1S/C18H15BrO3.C6H14/c1-11-5-15(9-20)17(6-12(11)2)22-10-13-7-14-3-4-21-18(14)16(19)8-13;1-3-5-6-4-2/h3-9H,10H2,1-2H3;3-6H2,1-2H3. The van der Waals surface area contributed by atoms with Gasteiger partial charge < -0.3 is 9.15 Å². The zero-order valence-electron chi connectivity index (χ0n) is 17.2. The van der Waals surface area contributed by atoms with Crippen molar-refractivity contribution in [2.24, 2.45) is 0 Å². The molecule has 0 spiro atoms. The van der Waals surface area contributed by atoms with Crippen molar-refractivity contribution in [3.05, 3.63) is 63.3 Å². The minimum atomic E-state index is 0.392. The van der Waals surface area contributed by atoms with Gasteiger partial charge >= 0.3 is 0 Å². The molecule has 0 atom stereocenters. The van der Waals surface area contributed by atoms with Gasteiger partial charge in [0.05, 0.1) is 16.3 Å². The summed E-state index contributed by atoms with van der Waals surface area (Å²) in [6.07, 6.45) is 8.03. The molecule has 0 N–H and O–H groups in total. The first-order chi connectivity index (χ1) is 13.5. The number of hydrogen-bond donors (Lipinski definition) is 0. The third-order valence-electron chi connectivity index (χ3n) is 4.67. The summed E-state index contributed by atoms with van der Waals surface area (Å²) in [5, 5.41) is 1.02. The molecule has 1 aromatic heterocycles. The van der Waals surface area contributed by atoms with Crippen molar-refractivity contribution < 1.29 is 13.9 Å². The highest BCUT2D eigenvalue weighted by Crippen LogP contribution is 2.28. The van der Waals surface area contributed by atoms with Crippen molar-refractivity contribution >= 4 is 33.2 Å². The number of hydrogen-bond acceptors (Lipinski definition) is 3. The van der Waals surface area contributed by atoms with E-state index in [2.05, 4.69) is 29.8 Å². The minimum Gasteiger partial charge on any atom is -0.488 e. The van der Waals surface area contributed by atoms with E-state index in [0.717, 1.165) is 38.4 Å². The molecule has 0 aliphatic heterocycles. The number of carbonyl (C=O) groups is 1. The second-order valence-electron chi connectivity index (χ2n) is 7.00. The summed E-state index contributed by atoms with van der Waals surface area (Å²) in [6, 6.07) is 9.66. The van der Waals surface area contributed by atoms with Crippen molar-refractivity contribution in [3.63, 3.8) is 0 Å². The van der Waals surface area contributed by atoms with Crippen LogP contribution in [0.1, 0.15) is 66.6 Å². The summed E-state index contributed by atoms with van der Waals surface area (Å²) in [4.78, 5) is 11.2. The zero-order chi connectivity index (χ0) is 20.5. The lowest BCUT2D eigenvalue weighted by atomic mass is 10.1. The maximum atomic E-state index is 11.2. The second kappa shape index (κ2) is 11.1. The van der Waals surface area contributed by atoms with E-state index in [0.29, 0.717) is 17.9 Å². The van der Waals surface area contributed by atoms with E-state index in [1.165, 1.54) is 25.7 Å². The number of aryl methyl sites for hydroxylation is 2. The number of halogens is 1. The Balaban J connectivity index is 0.000000409. The number of aldehydes is 1. The van der Waals surface area contributed by atoms with Crippen molar-refractivity contribution in [2.45, 2.75) is 60.0 Å². The summed E-state index contributed by atoms with van der Waals surface area (Å²) < 4.78 is 12.1. The van der Waals surface area contributed by atoms with Crippen LogP contribution >= 0.6 is 15.9 Å². The fourth-order valence-corrected chi connectivity index (χ4v) is 3.49. The summed E-state index contributed by atoms with van der Waals surface area (Å²) in [5.74, 6) is 0.613. The molecule has 0 radical (unpaired) electrons. The van der Waals surface area contributed by atoms with Crippen LogP contribution in [0, 0.1) is 13.8 Å². The molecule has 0 saturated heterocycles. The number of ether oxygens (including phenoxy) is 1. The Bertz CT molecular complexity index is 908. The maximum Gasteiger partial charge on any atom is 0.153 e. The molecule has 0 bridgehead atoms. The molecule has 150 valence electrons. The molecule has 1 heterocycles. The summed E-state index contributed by atoms with van der Waals surface area (Å²) >= 11 is 3.50. The SMILES string of the molecule is CCCCCC.Cc1cc(C=O)c(OCc2cc(Br)c3occc3c2)cc1C. The maximum absolute atomic E-state index is 11.2. The van der Waals surface area contributed by atoms with Crippen molar-refractivity contribution in [1.82, 2.24) is 0 Å². The van der Waals surface area contributed by atoms with Crippen molar-refractivity contribution in [3.8, 4) is 5.75 Å². The Labute approximate surface area is 176 Å². The van der Waals surface area contributed by atoms with Gasteiger partial charge in [-0.15, -0.1) is 0 Å². The van der Waals surface area contributed by atoms with Crippen molar-refractivity contribution in [2.75, 3.05) is 0 Å².